The molecule has 0 bridgehead atoms. The van der Waals surface area contributed by atoms with Crippen molar-refractivity contribution in [2.45, 2.75) is 25.8 Å². The van der Waals surface area contributed by atoms with Crippen LogP contribution in [0.3, 0.4) is 0 Å². The van der Waals surface area contributed by atoms with Crippen molar-refractivity contribution in [3.05, 3.63) is 29.8 Å². The summed E-state index contributed by atoms with van der Waals surface area (Å²) in [6, 6.07) is 9.47. The first-order valence-corrected chi connectivity index (χ1v) is 6.57. The first-order chi connectivity index (χ1) is 8.29. The number of nitrogens with zero attached hydrogens (tertiary/aromatic N) is 1. The third-order valence-electron chi connectivity index (χ3n) is 3.31. The molecular formula is C14H23N3. The molecule has 3 heteroatoms. The Morgan fingerprint density at radius 3 is 3.12 bits per heavy atom. The number of hydrogen-bond acceptors (Lipinski definition) is 3. The molecule has 0 amide bonds. The van der Waals surface area contributed by atoms with Gasteiger partial charge in [-0.25, -0.2) is 0 Å². The van der Waals surface area contributed by atoms with E-state index in [9.17, 15) is 0 Å². The summed E-state index contributed by atoms with van der Waals surface area (Å²) >= 11 is 0. The molecule has 3 N–H and O–H groups in total. The highest BCUT2D eigenvalue weighted by Crippen LogP contribution is 2.18. The lowest BCUT2D eigenvalue weighted by atomic mass is 10.1. The average molecular weight is 233 g/mol. The van der Waals surface area contributed by atoms with Gasteiger partial charge in [-0.2, -0.15) is 0 Å². The molecular weight excluding hydrogens is 210 g/mol. The van der Waals surface area contributed by atoms with Crippen molar-refractivity contribution in [2.75, 3.05) is 31.1 Å². The SMILES string of the molecule is C[C@H]1CN(c2cccc(CCCN)c2)CCN1. The number of hydrogen-bond donors (Lipinski definition) is 2. The predicted molar refractivity (Wildman–Crippen MR) is 73.5 cm³/mol. The number of aryl methyl sites for hydroxylation is 1. The van der Waals surface area contributed by atoms with Gasteiger partial charge < -0.3 is 16.0 Å². The summed E-state index contributed by atoms with van der Waals surface area (Å²) in [5.41, 5.74) is 8.31. The maximum Gasteiger partial charge on any atom is 0.0369 e. The molecule has 0 aromatic heterocycles. The maximum atomic E-state index is 5.56. The van der Waals surface area contributed by atoms with Crippen molar-refractivity contribution >= 4 is 5.69 Å². The molecule has 1 heterocycles. The summed E-state index contributed by atoms with van der Waals surface area (Å²) in [7, 11) is 0. The Balaban J connectivity index is 2.04. The van der Waals surface area contributed by atoms with Crippen molar-refractivity contribution < 1.29 is 0 Å². The van der Waals surface area contributed by atoms with Crippen LogP contribution in [0.1, 0.15) is 18.9 Å². The molecule has 0 radical (unpaired) electrons. The minimum atomic E-state index is 0.580. The summed E-state index contributed by atoms with van der Waals surface area (Å²) in [5, 5.41) is 3.47. The van der Waals surface area contributed by atoms with Gasteiger partial charge in [-0.3, -0.25) is 0 Å². The molecule has 1 aromatic carbocycles. The maximum absolute atomic E-state index is 5.56. The molecule has 1 fully saturated rings. The second-order valence-electron chi connectivity index (χ2n) is 4.86. The van der Waals surface area contributed by atoms with Crippen molar-refractivity contribution in [1.29, 1.82) is 0 Å². The van der Waals surface area contributed by atoms with Crippen molar-refractivity contribution in [3.8, 4) is 0 Å². The number of benzene rings is 1. The lowest BCUT2D eigenvalue weighted by molar-refractivity contribution is 0.485. The topological polar surface area (TPSA) is 41.3 Å². The van der Waals surface area contributed by atoms with Crippen LogP contribution in [0, 0.1) is 0 Å². The third-order valence-corrected chi connectivity index (χ3v) is 3.31. The standard InChI is InChI=1S/C14H23N3/c1-12-11-17(9-8-16-12)14-6-2-4-13(10-14)5-3-7-15/h2,4,6,10,12,16H,3,5,7-9,11,15H2,1H3/t12-/m0/s1. The van der Waals surface area contributed by atoms with E-state index in [1.165, 1.54) is 11.3 Å². The van der Waals surface area contributed by atoms with Gasteiger partial charge in [0, 0.05) is 31.4 Å². The van der Waals surface area contributed by atoms with E-state index in [0.29, 0.717) is 6.04 Å². The molecule has 0 saturated carbocycles. The molecule has 1 atom stereocenters. The summed E-state index contributed by atoms with van der Waals surface area (Å²) < 4.78 is 0. The van der Waals surface area contributed by atoms with Crippen LogP contribution in [0.25, 0.3) is 0 Å². The zero-order valence-corrected chi connectivity index (χ0v) is 10.7. The second-order valence-corrected chi connectivity index (χ2v) is 4.86. The minimum Gasteiger partial charge on any atom is -0.369 e. The van der Waals surface area contributed by atoms with E-state index in [1.54, 1.807) is 0 Å². The van der Waals surface area contributed by atoms with E-state index < -0.39 is 0 Å². The van der Waals surface area contributed by atoms with Gasteiger partial charge in [0.2, 0.25) is 0 Å². The van der Waals surface area contributed by atoms with Gasteiger partial charge in [0.25, 0.3) is 0 Å². The summed E-state index contributed by atoms with van der Waals surface area (Å²) in [6.07, 6.45) is 2.16. The summed E-state index contributed by atoms with van der Waals surface area (Å²) in [4.78, 5) is 2.47. The molecule has 3 nitrogen and oxygen atoms in total. The van der Waals surface area contributed by atoms with Gasteiger partial charge in [0.1, 0.15) is 0 Å². The van der Waals surface area contributed by atoms with E-state index in [2.05, 4.69) is 41.4 Å². The van der Waals surface area contributed by atoms with Crippen LogP contribution in [0.5, 0.6) is 0 Å². The highest BCUT2D eigenvalue weighted by Gasteiger charge is 2.15. The van der Waals surface area contributed by atoms with Gasteiger partial charge in [-0.15, -0.1) is 0 Å². The number of piperazine rings is 1. The van der Waals surface area contributed by atoms with Gasteiger partial charge in [-0.1, -0.05) is 12.1 Å². The van der Waals surface area contributed by atoms with Crippen molar-refractivity contribution in [3.63, 3.8) is 0 Å². The minimum absolute atomic E-state index is 0.580. The number of rotatable bonds is 4. The van der Waals surface area contributed by atoms with Gasteiger partial charge in [0.15, 0.2) is 0 Å². The Morgan fingerprint density at radius 1 is 1.47 bits per heavy atom. The third kappa shape index (κ3) is 3.45. The van der Waals surface area contributed by atoms with Crippen molar-refractivity contribution in [2.24, 2.45) is 5.73 Å². The van der Waals surface area contributed by atoms with E-state index in [4.69, 9.17) is 5.73 Å². The monoisotopic (exact) mass is 233 g/mol. The lowest BCUT2D eigenvalue weighted by Crippen LogP contribution is -2.49. The quantitative estimate of drug-likeness (QED) is 0.825. The highest BCUT2D eigenvalue weighted by atomic mass is 15.2. The first kappa shape index (κ1) is 12.4. The fraction of sp³-hybridized carbons (Fsp3) is 0.571. The van der Waals surface area contributed by atoms with Crippen LogP contribution in [-0.4, -0.2) is 32.2 Å². The van der Waals surface area contributed by atoms with Crippen LogP contribution in [0.4, 0.5) is 5.69 Å². The zero-order valence-electron chi connectivity index (χ0n) is 10.7. The number of nitrogens with two attached hydrogens (primary N) is 1. The predicted octanol–water partition coefficient (Wildman–Crippen LogP) is 1.38. The molecule has 1 aromatic rings. The molecule has 1 saturated heterocycles. The molecule has 1 aliphatic rings. The van der Waals surface area contributed by atoms with Gasteiger partial charge in [-0.05, 0) is 44.0 Å². The zero-order chi connectivity index (χ0) is 12.1. The van der Waals surface area contributed by atoms with Gasteiger partial charge in [0.05, 0.1) is 0 Å². The Morgan fingerprint density at radius 2 is 2.35 bits per heavy atom. The second kappa shape index (κ2) is 6.03. The van der Waals surface area contributed by atoms with Crippen LogP contribution < -0.4 is 16.0 Å². The molecule has 0 unspecified atom stereocenters. The molecule has 0 aliphatic carbocycles. The number of anilines is 1. The van der Waals surface area contributed by atoms with Crippen molar-refractivity contribution in [1.82, 2.24) is 5.32 Å². The normalized spacial score (nSPS) is 20.6. The fourth-order valence-electron chi connectivity index (χ4n) is 2.38. The number of nitrogens with one attached hydrogen (secondary N) is 1. The van der Waals surface area contributed by atoms with Crippen LogP contribution in [0.2, 0.25) is 0 Å². The molecule has 17 heavy (non-hydrogen) atoms. The van der Waals surface area contributed by atoms with E-state index >= 15 is 0 Å². The van der Waals surface area contributed by atoms with Crippen LogP contribution in [-0.2, 0) is 6.42 Å². The molecule has 1 aliphatic heterocycles. The first-order valence-electron chi connectivity index (χ1n) is 6.57. The Kier molecular flexibility index (Phi) is 4.40. The largest absolute Gasteiger partial charge is 0.369 e. The van der Waals surface area contributed by atoms with E-state index in [1.807, 2.05) is 0 Å². The van der Waals surface area contributed by atoms with Gasteiger partial charge >= 0.3 is 0 Å². The van der Waals surface area contributed by atoms with Crippen LogP contribution >= 0.6 is 0 Å². The smallest absolute Gasteiger partial charge is 0.0369 e. The Labute approximate surface area is 104 Å². The average Bonchev–Trinajstić information content (AvgIpc) is 2.37. The Hall–Kier alpha value is -1.06. The molecule has 94 valence electrons. The molecule has 2 rings (SSSR count). The van der Waals surface area contributed by atoms with Crippen LogP contribution in [0.15, 0.2) is 24.3 Å². The summed E-state index contributed by atoms with van der Waals surface area (Å²) in [5.74, 6) is 0. The van der Waals surface area contributed by atoms with E-state index in [-0.39, 0.29) is 0 Å². The summed E-state index contributed by atoms with van der Waals surface area (Å²) in [6.45, 7) is 6.29. The fourth-order valence-corrected chi connectivity index (χ4v) is 2.38. The lowest BCUT2D eigenvalue weighted by Gasteiger charge is -2.33. The molecule has 0 spiro atoms. The Bertz CT molecular complexity index is 351. The highest BCUT2D eigenvalue weighted by molar-refractivity contribution is 5.49. The van der Waals surface area contributed by atoms with E-state index in [0.717, 1.165) is 39.0 Å².